The van der Waals surface area contributed by atoms with Crippen LogP contribution in [0.3, 0.4) is 0 Å². The Hall–Kier alpha value is -5.60. The van der Waals surface area contributed by atoms with Crippen molar-refractivity contribution < 1.29 is 29.1 Å². The minimum absolute atomic E-state index is 0.0477. The molecule has 0 atom stereocenters. The van der Waals surface area contributed by atoms with Crippen molar-refractivity contribution in [3.05, 3.63) is 163 Å². The van der Waals surface area contributed by atoms with Gasteiger partial charge < -0.3 is 9.32 Å². The Morgan fingerprint density at radius 1 is 0.452 bits per heavy atom. The molecule has 0 bridgehead atoms. The molecule has 1 aromatic heterocycles. The Balaban J connectivity index is 1.37. The van der Waals surface area contributed by atoms with Crippen molar-refractivity contribution in [2.75, 3.05) is 4.90 Å². The van der Waals surface area contributed by atoms with Crippen LogP contribution in [0.1, 0.15) is 24.7 Å². The largest absolute Gasteiger partial charge is 0.456 e. The third-order valence-corrected chi connectivity index (χ3v) is 6.71. The molecule has 0 aliphatic carbocycles. The first-order valence-electron chi connectivity index (χ1n) is 21.8. The van der Waals surface area contributed by atoms with Crippen molar-refractivity contribution in [1.82, 2.24) is 0 Å². The van der Waals surface area contributed by atoms with Crippen LogP contribution < -0.4 is 4.90 Å². The van der Waals surface area contributed by atoms with Gasteiger partial charge in [-0.3, -0.25) is 0 Å². The lowest BCUT2D eigenvalue weighted by Crippen LogP contribution is -2.09. The number of furan rings is 1. The molecule has 0 saturated heterocycles. The molecule has 42 heavy (non-hydrogen) atoms. The maximum absolute atomic E-state index is 9.31. The van der Waals surface area contributed by atoms with E-state index in [0.29, 0.717) is 11.4 Å². The SMILES string of the molecule is [2H]c1c([2H])c([2H])c(-c2ccc(N(c3ccccc3)c3c([2H])c([2H])c(-c4c([2H])c([2H])c5c(c4[2H])c([2H])c([2H])c4oc6c([2H])c([2H])c([2H])c([2H])c6c45)c([2H])c3[2H])cc2)c([2H])c1[2H]. The van der Waals surface area contributed by atoms with Crippen LogP contribution in [0.2, 0.25) is 0 Å². The molecule has 7 aromatic carbocycles. The van der Waals surface area contributed by atoms with E-state index in [1.54, 1.807) is 30.3 Å². The van der Waals surface area contributed by atoms with Gasteiger partial charge in [0, 0.05) is 27.8 Å². The van der Waals surface area contributed by atoms with E-state index in [1.165, 1.54) is 29.2 Å². The van der Waals surface area contributed by atoms with Crippen LogP contribution in [0.4, 0.5) is 17.1 Å². The van der Waals surface area contributed by atoms with Gasteiger partial charge >= 0.3 is 0 Å². The van der Waals surface area contributed by atoms with Crippen LogP contribution in [0.15, 0.2) is 168 Å². The standard InChI is InChI=1S/C40H27NO/c1-3-9-28(10-4-1)29-15-21-34(22-16-29)41(33-11-5-2-6-12-33)35-23-17-30(18-24-35)31-19-25-36-32(27-31)20-26-39-40(36)37-13-7-8-14-38(37)42-39/h1-27H/i1D,3D,4D,7D,8D,9D,10D,13D,14D,17D,18D,19D,20D,23D,24D,25D,26D,27D. The van der Waals surface area contributed by atoms with Crippen molar-refractivity contribution in [3.8, 4) is 22.3 Å². The molecule has 0 N–H and O–H groups in total. The van der Waals surface area contributed by atoms with E-state index >= 15 is 0 Å². The average Bonchev–Trinajstić information content (AvgIpc) is 3.65. The Morgan fingerprint density at radius 2 is 1.14 bits per heavy atom. The van der Waals surface area contributed by atoms with Crippen LogP contribution in [-0.2, 0) is 0 Å². The number of para-hydroxylation sites is 2. The highest BCUT2D eigenvalue weighted by Crippen LogP contribution is 2.38. The summed E-state index contributed by atoms with van der Waals surface area (Å²) in [6.07, 6.45) is 0. The monoisotopic (exact) mass is 555 g/mol. The molecule has 0 spiro atoms. The zero-order chi connectivity index (χ0) is 43.5. The van der Waals surface area contributed by atoms with Crippen molar-refractivity contribution in [1.29, 1.82) is 0 Å². The third-order valence-electron chi connectivity index (χ3n) is 6.71. The van der Waals surface area contributed by atoms with Gasteiger partial charge in [-0.1, -0.05) is 109 Å². The summed E-state index contributed by atoms with van der Waals surface area (Å²) >= 11 is 0. The highest BCUT2D eigenvalue weighted by atomic mass is 16.3. The number of rotatable bonds is 5. The summed E-state index contributed by atoms with van der Waals surface area (Å²) < 4.78 is 162. The van der Waals surface area contributed by atoms with Crippen molar-refractivity contribution in [2.45, 2.75) is 0 Å². The second-order valence-electron chi connectivity index (χ2n) is 9.20. The molecule has 0 unspecified atom stereocenters. The Morgan fingerprint density at radius 3 is 1.95 bits per heavy atom. The first-order valence-corrected chi connectivity index (χ1v) is 12.8. The van der Waals surface area contributed by atoms with Crippen LogP contribution in [-0.4, -0.2) is 0 Å². The first kappa shape index (κ1) is 12.1. The van der Waals surface area contributed by atoms with Gasteiger partial charge in [0.15, 0.2) is 0 Å². The van der Waals surface area contributed by atoms with E-state index in [-0.39, 0.29) is 44.1 Å². The number of nitrogens with zero attached hydrogens (tertiary/aromatic N) is 1. The summed E-state index contributed by atoms with van der Waals surface area (Å²) in [5.74, 6) is 0. The van der Waals surface area contributed by atoms with Crippen molar-refractivity contribution >= 4 is 49.8 Å². The van der Waals surface area contributed by atoms with Gasteiger partial charge in [0.05, 0.1) is 24.7 Å². The summed E-state index contributed by atoms with van der Waals surface area (Å²) in [5, 5.41) is -1.09. The van der Waals surface area contributed by atoms with E-state index in [1.807, 2.05) is 0 Å². The molecule has 8 aromatic rings. The van der Waals surface area contributed by atoms with Crippen LogP contribution in [0.25, 0.3) is 55.0 Å². The van der Waals surface area contributed by atoms with Gasteiger partial charge in [-0.15, -0.1) is 0 Å². The maximum Gasteiger partial charge on any atom is 0.136 e. The molecule has 2 heteroatoms. The lowest BCUT2D eigenvalue weighted by atomic mass is 9.98. The first-order chi connectivity index (χ1) is 28.3. The second-order valence-corrected chi connectivity index (χ2v) is 9.20. The lowest BCUT2D eigenvalue weighted by Gasteiger charge is -2.26. The Labute approximate surface area is 270 Å². The molecule has 0 amide bonds. The van der Waals surface area contributed by atoms with Crippen LogP contribution in [0.5, 0.6) is 0 Å². The Kier molecular flexibility index (Phi) is 2.91. The maximum atomic E-state index is 9.31. The third kappa shape index (κ3) is 4.22. The van der Waals surface area contributed by atoms with E-state index in [2.05, 4.69) is 0 Å². The minimum atomic E-state index is -0.738. The highest BCUT2D eigenvalue weighted by Gasteiger charge is 2.14. The molecule has 0 aliphatic rings. The van der Waals surface area contributed by atoms with E-state index in [9.17, 15) is 6.85 Å². The predicted octanol–water partition coefficient (Wildman–Crippen LogP) is 11.5. The van der Waals surface area contributed by atoms with E-state index in [4.69, 9.17) is 22.2 Å². The fraction of sp³-hybridized carbons (Fsp3) is 0. The van der Waals surface area contributed by atoms with E-state index < -0.39 is 125 Å². The van der Waals surface area contributed by atoms with Crippen molar-refractivity contribution in [2.24, 2.45) is 0 Å². The van der Waals surface area contributed by atoms with Gasteiger partial charge in [-0.2, -0.15) is 0 Å². The predicted molar refractivity (Wildman–Crippen MR) is 177 cm³/mol. The molecule has 0 saturated carbocycles. The quantitative estimate of drug-likeness (QED) is 0.210. The molecule has 198 valence electrons. The van der Waals surface area contributed by atoms with Gasteiger partial charge in [-0.05, 0) is 87.5 Å². The number of hydrogen-bond acceptors (Lipinski definition) is 2. The molecule has 1 heterocycles. The smallest absolute Gasteiger partial charge is 0.136 e. The fourth-order valence-electron chi connectivity index (χ4n) is 4.78. The summed E-state index contributed by atoms with van der Waals surface area (Å²) in [6, 6.07) is 3.65. The molecule has 0 aliphatic heterocycles. The summed E-state index contributed by atoms with van der Waals surface area (Å²) in [4.78, 5) is 1.42. The van der Waals surface area contributed by atoms with E-state index in [0.717, 1.165) is 0 Å². The molecule has 0 fully saturated rings. The summed E-state index contributed by atoms with van der Waals surface area (Å²) in [7, 11) is 0. The molecular formula is C40H27NO. The number of benzene rings is 7. The topological polar surface area (TPSA) is 16.4 Å². The fourth-order valence-corrected chi connectivity index (χ4v) is 4.78. The zero-order valence-corrected chi connectivity index (χ0v) is 21.6. The summed E-state index contributed by atoms with van der Waals surface area (Å²) in [6.45, 7) is 0. The van der Waals surface area contributed by atoms with Gasteiger partial charge in [0.25, 0.3) is 0 Å². The molecule has 2 nitrogen and oxygen atoms in total. The minimum Gasteiger partial charge on any atom is -0.456 e. The number of hydrogen-bond donors (Lipinski definition) is 0. The van der Waals surface area contributed by atoms with Crippen LogP contribution in [0, 0.1) is 0 Å². The van der Waals surface area contributed by atoms with Crippen molar-refractivity contribution in [3.63, 3.8) is 0 Å². The van der Waals surface area contributed by atoms with Crippen LogP contribution >= 0.6 is 0 Å². The normalized spacial score (nSPS) is 17.3. The molecule has 0 radical (unpaired) electrons. The average molecular weight is 556 g/mol. The Bertz CT molecular complexity index is 3130. The van der Waals surface area contributed by atoms with Gasteiger partial charge in [0.2, 0.25) is 0 Å². The van der Waals surface area contributed by atoms with Gasteiger partial charge in [-0.25, -0.2) is 0 Å². The molecule has 8 rings (SSSR count). The second kappa shape index (κ2) is 10.1. The van der Waals surface area contributed by atoms with Gasteiger partial charge in [0.1, 0.15) is 11.2 Å². The number of anilines is 3. The molecular weight excluding hydrogens is 510 g/mol. The zero-order valence-electron chi connectivity index (χ0n) is 39.6. The number of fused-ring (bicyclic) bond motifs is 5. The lowest BCUT2D eigenvalue weighted by molar-refractivity contribution is 0.669. The highest BCUT2D eigenvalue weighted by molar-refractivity contribution is 6.19. The summed E-state index contributed by atoms with van der Waals surface area (Å²) in [5.41, 5.74) is -1.11.